The quantitative estimate of drug-likeness (QED) is 0.269. The van der Waals surface area contributed by atoms with Crippen molar-refractivity contribution in [2.45, 2.75) is 96.8 Å². The fraction of sp³-hybridized carbons (Fsp3) is 0.696. The van der Waals surface area contributed by atoms with Crippen molar-refractivity contribution in [1.29, 1.82) is 0 Å². The lowest BCUT2D eigenvalue weighted by atomic mass is 10.0. The summed E-state index contributed by atoms with van der Waals surface area (Å²) in [5.74, 6) is 1.12. The largest absolute Gasteiger partial charge is 0.401 e. The second-order valence-electron chi connectivity index (χ2n) is 7.52. The molecule has 0 unspecified atom stereocenters. The minimum atomic E-state index is 1.01. The Labute approximate surface area is 154 Å². The van der Waals surface area contributed by atoms with Crippen LogP contribution >= 0.6 is 0 Å². The molecule has 0 fully saturated rings. The van der Waals surface area contributed by atoms with Gasteiger partial charge in [-0.25, -0.2) is 0 Å². The van der Waals surface area contributed by atoms with Crippen LogP contribution in [0.5, 0.6) is 0 Å². The van der Waals surface area contributed by atoms with Crippen molar-refractivity contribution in [2.24, 2.45) is 7.05 Å². The van der Waals surface area contributed by atoms with Gasteiger partial charge in [0.2, 0.25) is 5.58 Å². The second kappa shape index (κ2) is 12.1. The van der Waals surface area contributed by atoms with Crippen molar-refractivity contribution in [1.82, 2.24) is 0 Å². The van der Waals surface area contributed by atoms with Crippen LogP contribution in [0, 0.1) is 0 Å². The number of aromatic nitrogens is 1. The van der Waals surface area contributed by atoms with Gasteiger partial charge in [-0.3, -0.25) is 0 Å². The van der Waals surface area contributed by atoms with Crippen LogP contribution < -0.4 is 4.57 Å². The van der Waals surface area contributed by atoms with Crippen LogP contribution in [0.25, 0.3) is 11.1 Å². The van der Waals surface area contributed by atoms with Crippen molar-refractivity contribution >= 4 is 11.1 Å². The normalized spacial score (nSPS) is 11.4. The van der Waals surface area contributed by atoms with Gasteiger partial charge in [0.1, 0.15) is 7.05 Å². The molecule has 0 amide bonds. The second-order valence-corrected chi connectivity index (χ2v) is 7.52. The molecular weight excluding hydrogens is 306 g/mol. The van der Waals surface area contributed by atoms with E-state index in [9.17, 15) is 0 Å². The van der Waals surface area contributed by atoms with E-state index in [1.54, 1.807) is 0 Å². The Morgan fingerprint density at radius 3 is 1.80 bits per heavy atom. The molecule has 0 aliphatic rings. The number of nitrogens with zero attached hydrogens (tertiary/aromatic N) is 1. The van der Waals surface area contributed by atoms with E-state index >= 15 is 0 Å². The van der Waals surface area contributed by atoms with Gasteiger partial charge in [0.15, 0.2) is 0 Å². The average Bonchev–Trinajstić information content (AvgIpc) is 2.95. The van der Waals surface area contributed by atoms with Gasteiger partial charge >= 0.3 is 5.89 Å². The maximum absolute atomic E-state index is 5.97. The number of benzene rings is 1. The summed E-state index contributed by atoms with van der Waals surface area (Å²) >= 11 is 0. The Morgan fingerprint density at radius 1 is 0.720 bits per heavy atom. The predicted octanol–water partition coefficient (Wildman–Crippen LogP) is 6.89. The number of fused-ring (bicyclic) bond motifs is 1. The number of hydrogen-bond acceptors (Lipinski definition) is 1. The summed E-state index contributed by atoms with van der Waals surface area (Å²) in [4.78, 5) is 0. The fourth-order valence-electron chi connectivity index (χ4n) is 3.66. The molecule has 1 heterocycles. The fourth-order valence-corrected chi connectivity index (χ4v) is 3.66. The zero-order chi connectivity index (χ0) is 17.7. The summed E-state index contributed by atoms with van der Waals surface area (Å²) in [5.41, 5.74) is 2.21. The Hall–Kier alpha value is -1.31. The monoisotopic (exact) mass is 344 g/mol. The van der Waals surface area contributed by atoms with Crippen molar-refractivity contribution in [3.05, 3.63) is 30.2 Å². The van der Waals surface area contributed by atoms with Gasteiger partial charge in [-0.2, -0.15) is 4.57 Å². The lowest BCUT2D eigenvalue weighted by molar-refractivity contribution is -0.658. The molecule has 25 heavy (non-hydrogen) atoms. The molecule has 2 nitrogen and oxygen atoms in total. The summed E-state index contributed by atoms with van der Waals surface area (Å²) in [6.07, 6.45) is 19.3. The van der Waals surface area contributed by atoms with E-state index in [4.69, 9.17) is 4.42 Å². The van der Waals surface area contributed by atoms with Crippen LogP contribution in [0.15, 0.2) is 28.7 Å². The Balaban J connectivity index is 1.45. The minimum absolute atomic E-state index is 1.01. The highest BCUT2D eigenvalue weighted by molar-refractivity contribution is 5.68. The van der Waals surface area contributed by atoms with Crippen LogP contribution in [0.2, 0.25) is 0 Å². The van der Waals surface area contributed by atoms with Gasteiger partial charge < -0.3 is 4.42 Å². The Kier molecular flexibility index (Phi) is 9.69. The molecular formula is C23H38NO+. The van der Waals surface area contributed by atoms with E-state index in [0.29, 0.717) is 0 Å². The zero-order valence-electron chi connectivity index (χ0n) is 16.6. The standard InChI is InChI=1S/C23H38NO/c1-3-4-5-6-7-8-9-10-11-12-13-14-15-20-23-24(2)21-18-16-17-19-22(21)25-23/h16-19H,3-15,20H2,1-2H3/q+1. The molecule has 2 heteroatoms. The lowest BCUT2D eigenvalue weighted by Crippen LogP contribution is -2.30. The maximum atomic E-state index is 5.97. The summed E-state index contributed by atoms with van der Waals surface area (Å²) < 4.78 is 8.17. The van der Waals surface area contributed by atoms with Crippen molar-refractivity contribution in [3.63, 3.8) is 0 Å². The van der Waals surface area contributed by atoms with Gasteiger partial charge in [-0.15, -0.1) is 0 Å². The van der Waals surface area contributed by atoms with E-state index in [0.717, 1.165) is 17.9 Å². The third-order valence-electron chi connectivity index (χ3n) is 5.32. The molecule has 0 spiro atoms. The summed E-state index contributed by atoms with van der Waals surface area (Å²) in [7, 11) is 2.11. The van der Waals surface area contributed by atoms with Gasteiger partial charge in [0, 0.05) is 6.07 Å². The maximum Gasteiger partial charge on any atom is 0.347 e. The van der Waals surface area contributed by atoms with Crippen molar-refractivity contribution < 1.29 is 8.98 Å². The molecule has 0 aliphatic carbocycles. The first kappa shape index (κ1) is 20.0. The van der Waals surface area contributed by atoms with Crippen molar-refractivity contribution in [2.75, 3.05) is 0 Å². The SMILES string of the molecule is CCCCCCCCCCCCCCCc1oc2ccccc2[n+]1C. The molecule has 2 aromatic rings. The number of para-hydroxylation sites is 2. The highest BCUT2D eigenvalue weighted by Crippen LogP contribution is 2.16. The van der Waals surface area contributed by atoms with E-state index in [-0.39, 0.29) is 0 Å². The minimum Gasteiger partial charge on any atom is -0.401 e. The number of hydrogen-bond donors (Lipinski definition) is 0. The first-order valence-electron chi connectivity index (χ1n) is 10.7. The molecule has 1 aromatic carbocycles. The molecule has 0 bridgehead atoms. The molecule has 0 saturated carbocycles. The lowest BCUT2D eigenvalue weighted by Gasteiger charge is -2.02. The van der Waals surface area contributed by atoms with Gasteiger partial charge in [-0.1, -0.05) is 96.1 Å². The highest BCUT2D eigenvalue weighted by atomic mass is 16.4. The molecule has 0 radical (unpaired) electrons. The molecule has 0 saturated heterocycles. The summed E-state index contributed by atoms with van der Waals surface area (Å²) in [6, 6.07) is 8.31. The Morgan fingerprint density at radius 2 is 1.24 bits per heavy atom. The van der Waals surface area contributed by atoms with Gasteiger partial charge in [-0.05, 0) is 12.5 Å². The van der Waals surface area contributed by atoms with E-state index in [1.807, 2.05) is 6.07 Å². The van der Waals surface area contributed by atoms with Gasteiger partial charge in [0.05, 0.1) is 6.42 Å². The van der Waals surface area contributed by atoms with Gasteiger partial charge in [0.25, 0.3) is 5.52 Å². The summed E-state index contributed by atoms with van der Waals surface area (Å²) in [6.45, 7) is 2.29. The first-order valence-corrected chi connectivity index (χ1v) is 10.7. The third-order valence-corrected chi connectivity index (χ3v) is 5.32. The predicted molar refractivity (Wildman–Crippen MR) is 107 cm³/mol. The van der Waals surface area contributed by atoms with E-state index < -0.39 is 0 Å². The van der Waals surface area contributed by atoms with E-state index in [1.165, 1.54) is 89.0 Å². The molecule has 1 aromatic heterocycles. The molecule has 0 atom stereocenters. The molecule has 0 aliphatic heterocycles. The molecule has 2 rings (SSSR count). The topological polar surface area (TPSA) is 17.0 Å². The number of aryl methyl sites for hydroxylation is 2. The smallest absolute Gasteiger partial charge is 0.347 e. The number of oxazole rings is 1. The van der Waals surface area contributed by atoms with Crippen LogP contribution in [0.3, 0.4) is 0 Å². The van der Waals surface area contributed by atoms with Crippen LogP contribution in [-0.2, 0) is 13.5 Å². The highest BCUT2D eigenvalue weighted by Gasteiger charge is 2.17. The van der Waals surface area contributed by atoms with Crippen molar-refractivity contribution in [3.8, 4) is 0 Å². The number of unbranched alkanes of at least 4 members (excludes halogenated alkanes) is 12. The molecule has 140 valence electrons. The van der Waals surface area contributed by atoms with Crippen LogP contribution in [-0.4, -0.2) is 0 Å². The number of rotatable bonds is 14. The Bertz CT molecular complexity index is 587. The third kappa shape index (κ3) is 7.22. The first-order chi connectivity index (χ1) is 12.3. The van der Waals surface area contributed by atoms with Crippen LogP contribution in [0.4, 0.5) is 0 Å². The molecule has 0 N–H and O–H groups in total. The van der Waals surface area contributed by atoms with Crippen LogP contribution in [0.1, 0.15) is 96.3 Å². The average molecular weight is 345 g/mol. The zero-order valence-corrected chi connectivity index (χ0v) is 16.6. The van der Waals surface area contributed by atoms with E-state index in [2.05, 4.69) is 36.7 Å². The summed E-state index contributed by atoms with van der Waals surface area (Å²) in [5, 5.41) is 0.